The zero-order valence-corrected chi connectivity index (χ0v) is 43.5. The number of halogens is 2. The van der Waals surface area contributed by atoms with Crippen LogP contribution in [0.4, 0.5) is 0 Å². The van der Waals surface area contributed by atoms with Gasteiger partial charge >= 0.3 is 151 Å². The minimum Gasteiger partial charge on any atom is -1.00 e. The third-order valence-corrected chi connectivity index (χ3v) is 15.5. The molecule has 3 heteroatoms. The summed E-state index contributed by atoms with van der Waals surface area (Å²) in [6.07, 6.45) is 16.0. The third kappa shape index (κ3) is 11.5. The van der Waals surface area contributed by atoms with Crippen molar-refractivity contribution < 1.29 is 49.0 Å². The van der Waals surface area contributed by atoms with Crippen LogP contribution in [0, 0.1) is 41.6 Å². The number of allylic oxidation sites excluding steroid dienone is 4. The fourth-order valence-corrected chi connectivity index (χ4v) is 11.5. The first kappa shape index (κ1) is 49.6. The second-order valence-corrected chi connectivity index (χ2v) is 24.2. The fourth-order valence-electron chi connectivity index (χ4n) is 10.7. The van der Waals surface area contributed by atoms with Crippen LogP contribution in [0.2, 0.25) is 0 Å². The summed E-state index contributed by atoms with van der Waals surface area (Å²) in [6.45, 7) is 29.5. The molecule has 0 heterocycles. The molecule has 1 atom stereocenters. The molecule has 0 spiro atoms. The van der Waals surface area contributed by atoms with Gasteiger partial charge in [-0.3, -0.25) is 6.08 Å². The molecule has 0 radical (unpaired) electrons. The van der Waals surface area contributed by atoms with E-state index in [1.54, 1.807) is 12.0 Å². The molecule has 10 rings (SSSR count). The van der Waals surface area contributed by atoms with E-state index in [-0.39, 0.29) is 46.5 Å². The van der Waals surface area contributed by atoms with Crippen molar-refractivity contribution >= 4 is 24.8 Å². The summed E-state index contributed by atoms with van der Waals surface area (Å²) in [4.78, 5) is 0. The Morgan fingerprint density at radius 1 is 0.525 bits per heavy atom. The molecule has 5 aliphatic rings. The van der Waals surface area contributed by atoms with Gasteiger partial charge in [-0.25, -0.2) is 6.08 Å². The molecule has 0 nitrogen and oxygen atoms in total. The second kappa shape index (κ2) is 19.0. The minimum atomic E-state index is 0. The summed E-state index contributed by atoms with van der Waals surface area (Å²) >= 11 is 1.46. The van der Waals surface area contributed by atoms with E-state index in [1.165, 1.54) is 108 Å². The summed E-state index contributed by atoms with van der Waals surface area (Å²) in [6, 6.07) is 34.3. The molecule has 4 fully saturated rings. The Labute approximate surface area is 398 Å². The van der Waals surface area contributed by atoms with E-state index in [4.69, 9.17) is 0 Å². The van der Waals surface area contributed by atoms with Gasteiger partial charge < -0.3 is 24.8 Å². The van der Waals surface area contributed by atoms with Crippen molar-refractivity contribution in [1.82, 2.24) is 0 Å². The van der Waals surface area contributed by atoms with Gasteiger partial charge in [-0.2, -0.15) is 11.6 Å². The molecule has 5 aromatic rings. The van der Waals surface area contributed by atoms with E-state index in [9.17, 15) is 0 Å². The summed E-state index contributed by atoms with van der Waals surface area (Å²) < 4.78 is 1.42. The third-order valence-electron chi connectivity index (χ3n) is 14.1. The van der Waals surface area contributed by atoms with Crippen LogP contribution < -0.4 is 24.8 Å². The number of rotatable bonds is 3. The first-order valence-corrected chi connectivity index (χ1v) is 24.0. The monoisotopic (exact) mass is 928 g/mol. The van der Waals surface area contributed by atoms with Crippen LogP contribution in [-0.2, 0) is 45.9 Å². The van der Waals surface area contributed by atoms with Crippen LogP contribution in [0.25, 0.3) is 21.5 Å². The Balaban J connectivity index is 0.000000172. The summed E-state index contributed by atoms with van der Waals surface area (Å²) in [7, 11) is 0. The SMILES string of the molecule is CC(C)(C)c1ccc([C](=[Zr+2])c2ccc(C(C)(C)C)cc2)cc1.CC(C)(C)c1ccc2[cH-]c3ccc(C(C)(C)C)cc3c2c1.CC1[C-]=CC(C2C3CC4CC(C3)CC2C4)=C1.[Cl-].[Cl-]. The first-order chi connectivity index (χ1) is 27.5. The van der Waals surface area contributed by atoms with Gasteiger partial charge in [0.1, 0.15) is 0 Å². The molecular formula is C58H72Cl2Zr-2. The molecule has 61 heavy (non-hydrogen) atoms. The molecule has 5 aromatic carbocycles. The Hall–Kier alpha value is -2.44. The number of hydrogen-bond donors (Lipinski definition) is 0. The van der Waals surface area contributed by atoms with Crippen molar-refractivity contribution in [1.29, 1.82) is 0 Å². The number of hydrogen-bond acceptors (Lipinski definition) is 0. The predicted molar refractivity (Wildman–Crippen MR) is 254 cm³/mol. The smallest absolute Gasteiger partial charge is 0.0145 e. The molecule has 5 aliphatic carbocycles. The van der Waals surface area contributed by atoms with E-state index >= 15 is 0 Å². The minimum absolute atomic E-state index is 0. The predicted octanol–water partition coefficient (Wildman–Crippen LogP) is 9.71. The van der Waals surface area contributed by atoms with Crippen molar-refractivity contribution in [3.8, 4) is 0 Å². The molecule has 0 aromatic heterocycles. The quantitative estimate of drug-likeness (QED) is 0.158. The van der Waals surface area contributed by atoms with Crippen molar-refractivity contribution in [3.63, 3.8) is 0 Å². The van der Waals surface area contributed by atoms with Crippen LogP contribution in [0.3, 0.4) is 0 Å². The second-order valence-electron chi connectivity index (χ2n) is 23.0. The molecule has 4 bridgehead atoms. The molecule has 324 valence electrons. The van der Waals surface area contributed by atoms with Crippen LogP contribution in [-0.4, -0.2) is 3.21 Å². The van der Waals surface area contributed by atoms with Gasteiger partial charge in [0.2, 0.25) is 0 Å². The molecular weight excluding hydrogens is 859 g/mol. The molecule has 0 saturated heterocycles. The normalized spacial score (nSPS) is 23.0. The van der Waals surface area contributed by atoms with Crippen LogP contribution >= 0.6 is 0 Å². The molecule has 0 N–H and O–H groups in total. The van der Waals surface area contributed by atoms with Gasteiger partial charge in [0, 0.05) is 0 Å². The summed E-state index contributed by atoms with van der Waals surface area (Å²) in [5.74, 6) is 5.77. The topological polar surface area (TPSA) is 0 Å². The van der Waals surface area contributed by atoms with Gasteiger partial charge in [-0.05, 0) is 66.6 Å². The van der Waals surface area contributed by atoms with Gasteiger partial charge in [0.15, 0.2) is 0 Å². The molecule has 0 amide bonds. The van der Waals surface area contributed by atoms with E-state index in [2.05, 4.69) is 199 Å². The van der Waals surface area contributed by atoms with E-state index in [1.807, 2.05) is 0 Å². The van der Waals surface area contributed by atoms with Gasteiger partial charge in [0.25, 0.3) is 0 Å². The first-order valence-electron chi connectivity index (χ1n) is 22.8. The maximum Gasteiger partial charge on any atom is -0.0145 e. The average Bonchev–Trinajstić information content (AvgIpc) is 3.76. The van der Waals surface area contributed by atoms with E-state index in [0.29, 0.717) is 5.92 Å². The Bertz CT molecular complexity index is 2180. The number of benzene rings is 4. The van der Waals surface area contributed by atoms with Crippen molar-refractivity contribution in [2.45, 2.75) is 144 Å². The van der Waals surface area contributed by atoms with Gasteiger partial charge in [-0.15, -0.1) is 39.7 Å². The summed E-state index contributed by atoms with van der Waals surface area (Å²) in [5.41, 5.74) is 10.8. The van der Waals surface area contributed by atoms with Crippen LogP contribution in [0.1, 0.15) is 155 Å². The average molecular weight is 931 g/mol. The zero-order valence-electron chi connectivity index (χ0n) is 39.6. The zero-order chi connectivity index (χ0) is 42.7. The van der Waals surface area contributed by atoms with Crippen LogP contribution in [0.15, 0.2) is 109 Å². The molecule has 0 aliphatic heterocycles. The maximum atomic E-state index is 3.46. The fraction of sp³-hybridized carbons (Fsp3) is 0.483. The molecule has 1 unspecified atom stereocenters. The van der Waals surface area contributed by atoms with E-state index < -0.39 is 0 Å². The molecule has 4 saturated carbocycles. The van der Waals surface area contributed by atoms with Crippen LogP contribution in [0.5, 0.6) is 0 Å². The maximum absolute atomic E-state index is 3.46. The Kier molecular flexibility index (Phi) is 15.4. The standard InChI is InChI=1S/C21H25.C21H26.C16H21.2ClH.Zr/c1-20(2,3)16-9-7-14-11-15-8-10-17(21(4,5)6)13-19(15)18(14)12-16;1-20(2,3)18-11-7-16(8-12-18)15-17-9-13-19(14-10-17)21(4,5)6;1-10-2-3-13(4-10)16-14-6-11-5-12(8-14)9-15(16)7-11;;;/h7-13H,1-6H3;7-14H,1-6H3;3-4,10-12,14-16H,5-9H2,1H3;2*1H;/q-1;;-1;;;+2/p-2. The van der Waals surface area contributed by atoms with Gasteiger partial charge in [0.05, 0.1) is 0 Å². The Morgan fingerprint density at radius 3 is 1.21 bits per heavy atom. The van der Waals surface area contributed by atoms with Crippen molar-refractivity contribution in [3.05, 3.63) is 148 Å². The number of fused-ring (bicyclic) bond motifs is 3. The Morgan fingerprint density at radius 2 is 0.885 bits per heavy atom. The van der Waals surface area contributed by atoms with Gasteiger partial charge in [-0.1, -0.05) is 95.7 Å². The summed E-state index contributed by atoms with van der Waals surface area (Å²) in [5, 5.41) is 5.49. The van der Waals surface area contributed by atoms with Crippen molar-refractivity contribution in [2.75, 3.05) is 0 Å². The largest absolute Gasteiger partial charge is 1.00 e. The van der Waals surface area contributed by atoms with E-state index in [0.717, 1.165) is 29.6 Å². The van der Waals surface area contributed by atoms with Crippen molar-refractivity contribution in [2.24, 2.45) is 35.5 Å².